The van der Waals surface area contributed by atoms with Gasteiger partial charge in [-0.05, 0) is 47.7 Å². The highest BCUT2D eigenvalue weighted by molar-refractivity contribution is 5.85. The van der Waals surface area contributed by atoms with Gasteiger partial charge >= 0.3 is 0 Å². The molecule has 2 aromatic carbocycles. The quantitative estimate of drug-likeness (QED) is 0.750. The minimum Gasteiger partial charge on any atom is -0.497 e. The third kappa shape index (κ3) is 6.30. The van der Waals surface area contributed by atoms with Gasteiger partial charge in [0.2, 0.25) is 5.91 Å². The molecule has 0 aromatic heterocycles. The van der Waals surface area contributed by atoms with Crippen LogP contribution in [0.5, 0.6) is 11.5 Å². The molecule has 6 nitrogen and oxygen atoms in total. The predicted octanol–water partition coefficient (Wildman–Crippen LogP) is 3.15. The summed E-state index contributed by atoms with van der Waals surface area (Å²) in [5.41, 5.74) is 6.85. The number of hydrogen-bond donors (Lipinski definition) is 2. The Morgan fingerprint density at radius 2 is 1.50 bits per heavy atom. The van der Waals surface area contributed by atoms with Crippen LogP contribution in [-0.2, 0) is 21.4 Å². The van der Waals surface area contributed by atoms with Crippen molar-refractivity contribution in [2.45, 2.75) is 45.6 Å². The van der Waals surface area contributed by atoms with Crippen molar-refractivity contribution in [3.8, 4) is 11.5 Å². The van der Waals surface area contributed by atoms with E-state index in [2.05, 4.69) is 31.6 Å². The lowest BCUT2D eigenvalue weighted by Gasteiger charge is -2.20. The lowest BCUT2D eigenvalue weighted by molar-refractivity contribution is -0.132. The van der Waals surface area contributed by atoms with Gasteiger partial charge in [-0.1, -0.05) is 45.0 Å². The van der Waals surface area contributed by atoms with Crippen molar-refractivity contribution in [1.82, 2.24) is 10.9 Å². The molecule has 6 heteroatoms. The minimum absolute atomic E-state index is 0.0513. The summed E-state index contributed by atoms with van der Waals surface area (Å²) in [6.45, 7) is 8.03. The summed E-state index contributed by atoms with van der Waals surface area (Å²) in [6.07, 6.45) is -0.602. The third-order valence-corrected chi connectivity index (χ3v) is 4.25. The van der Waals surface area contributed by atoms with Crippen LogP contribution in [0.15, 0.2) is 48.5 Å². The van der Waals surface area contributed by atoms with E-state index in [4.69, 9.17) is 9.47 Å². The lowest BCUT2D eigenvalue weighted by atomic mass is 9.87. The van der Waals surface area contributed by atoms with E-state index >= 15 is 0 Å². The first kappa shape index (κ1) is 21.3. The SMILES string of the molecule is COc1ccc(CC(=O)NNC(=O)C(C)Oc2ccc(C(C)(C)C)cc2)cc1. The molecule has 0 heterocycles. The highest BCUT2D eigenvalue weighted by Gasteiger charge is 2.17. The van der Waals surface area contributed by atoms with Gasteiger partial charge in [0.25, 0.3) is 5.91 Å². The van der Waals surface area contributed by atoms with Crippen molar-refractivity contribution >= 4 is 11.8 Å². The first-order valence-corrected chi connectivity index (χ1v) is 9.18. The normalized spacial score (nSPS) is 12.0. The molecule has 1 atom stereocenters. The zero-order valence-corrected chi connectivity index (χ0v) is 17.0. The Balaban J connectivity index is 1.80. The number of carbonyl (C=O) groups is 2. The second-order valence-corrected chi connectivity index (χ2v) is 7.60. The second-order valence-electron chi connectivity index (χ2n) is 7.60. The van der Waals surface area contributed by atoms with Crippen LogP contribution in [0.1, 0.15) is 38.8 Å². The topological polar surface area (TPSA) is 76.7 Å². The molecule has 0 saturated heterocycles. The molecule has 0 aliphatic rings. The molecule has 0 aliphatic carbocycles. The lowest BCUT2D eigenvalue weighted by Crippen LogP contribution is -2.47. The fraction of sp³-hybridized carbons (Fsp3) is 0.364. The molecule has 2 amide bonds. The molecule has 0 aliphatic heterocycles. The second kappa shape index (κ2) is 9.26. The molecule has 0 saturated carbocycles. The van der Waals surface area contributed by atoms with Gasteiger partial charge in [0, 0.05) is 0 Å². The maximum absolute atomic E-state index is 12.1. The molecule has 1 unspecified atom stereocenters. The van der Waals surface area contributed by atoms with Crippen LogP contribution in [0.3, 0.4) is 0 Å². The maximum atomic E-state index is 12.1. The smallest absolute Gasteiger partial charge is 0.279 e. The fourth-order valence-corrected chi connectivity index (χ4v) is 2.50. The zero-order chi connectivity index (χ0) is 20.7. The minimum atomic E-state index is -0.748. The van der Waals surface area contributed by atoms with E-state index in [0.717, 1.165) is 11.3 Å². The molecule has 28 heavy (non-hydrogen) atoms. The molecule has 0 bridgehead atoms. The van der Waals surface area contributed by atoms with Crippen molar-refractivity contribution in [3.05, 3.63) is 59.7 Å². The molecule has 0 fully saturated rings. The Labute approximate surface area is 166 Å². The zero-order valence-electron chi connectivity index (χ0n) is 17.0. The van der Waals surface area contributed by atoms with Crippen LogP contribution in [0.2, 0.25) is 0 Å². The van der Waals surface area contributed by atoms with E-state index in [0.29, 0.717) is 5.75 Å². The Hall–Kier alpha value is -3.02. The molecular formula is C22H28N2O4. The number of methoxy groups -OCH3 is 1. The van der Waals surface area contributed by atoms with Gasteiger partial charge in [0.15, 0.2) is 6.10 Å². The summed E-state index contributed by atoms with van der Waals surface area (Å²) in [4.78, 5) is 24.1. The Morgan fingerprint density at radius 3 is 2.04 bits per heavy atom. The van der Waals surface area contributed by atoms with E-state index in [1.807, 2.05) is 24.3 Å². The number of hydrogen-bond acceptors (Lipinski definition) is 4. The van der Waals surface area contributed by atoms with E-state index in [1.54, 1.807) is 38.3 Å². The number of amides is 2. The first-order valence-electron chi connectivity index (χ1n) is 9.18. The summed E-state index contributed by atoms with van der Waals surface area (Å²) in [5.74, 6) is 0.572. The van der Waals surface area contributed by atoms with Gasteiger partial charge in [-0.15, -0.1) is 0 Å². The maximum Gasteiger partial charge on any atom is 0.279 e. The van der Waals surface area contributed by atoms with Gasteiger partial charge in [0.1, 0.15) is 11.5 Å². The first-order chi connectivity index (χ1) is 13.2. The average molecular weight is 384 g/mol. The van der Waals surface area contributed by atoms with Crippen LogP contribution < -0.4 is 20.3 Å². The van der Waals surface area contributed by atoms with E-state index in [-0.39, 0.29) is 17.7 Å². The summed E-state index contributed by atoms with van der Waals surface area (Å²) in [6, 6.07) is 14.8. The summed E-state index contributed by atoms with van der Waals surface area (Å²) < 4.78 is 10.7. The highest BCUT2D eigenvalue weighted by Crippen LogP contribution is 2.24. The Bertz CT molecular complexity index is 793. The van der Waals surface area contributed by atoms with Gasteiger partial charge in [-0.3, -0.25) is 20.4 Å². The van der Waals surface area contributed by atoms with Crippen LogP contribution >= 0.6 is 0 Å². The highest BCUT2D eigenvalue weighted by atomic mass is 16.5. The molecule has 0 radical (unpaired) electrons. The van der Waals surface area contributed by atoms with Crippen molar-refractivity contribution in [3.63, 3.8) is 0 Å². The standard InChI is InChI=1S/C22H28N2O4/c1-15(28-19-12-8-17(9-13-19)22(2,3)4)21(26)24-23-20(25)14-16-6-10-18(27-5)11-7-16/h6-13,15H,14H2,1-5H3,(H,23,25)(H,24,26). The van der Waals surface area contributed by atoms with Crippen molar-refractivity contribution in [2.24, 2.45) is 0 Å². The number of nitrogens with one attached hydrogen (secondary N) is 2. The Morgan fingerprint density at radius 1 is 0.929 bits per heavy atom. The molecule has 150 valence electrons. The largest absolute Gasteiger partial charge is 0.497 e. The summed E-state index contributed by atoms with van der Waals surface area (Å²) in [5, 5.41) is 0. The van der Waals surface area contributed by atoms with Crippen LogP contribution in [0.25, 0.3) is 0 Å². The predicted molar refractivity (Wildman–Crippen MR) is 108 cm³/mol. The number of hydrazine groups is 1. The molecular weight excluding hydrogens is 356 g/mol. The van der Waals surface area contributed by atoms with Gasteiger partial charge in [-0.2, -0.15) is 0 Å². The van der Waals surface area contributed by atoms with Crippen LogP contribution in [-0.4, -0.2) is 25.0 Å². The van der Waals surface area contributed by atoms with Crippen molar-refractivity contribution in [2.75, 3.05) is 7.11 Å². The third-order valence-electron chi connectivity index (χ3n) is 4.25. The van der Waals surface area contributed by atoms with Gasteiger partial charge < -0.3 is 9.47 Å². The van der Waals surface area contributed by atoms with Crippen molar-refractivity contribution in [1.29, 1.82) is 0 Å². The van der Waals surface area contributed by atoms with Gasteiger partial charge in [0.05, 0.1) is 13.5 Å². The average Bonchev–Trinajstić information content (AvgIpc) is 2.66. The van der Waals surface area contributed by atoms with Crippen LogP contribution in [0, 0.1) is 0 Å². The van der Waals surface area contributed by atoms with Crippen molar-refractivity contribution < 1.29 is 19.1 Å². The molecule has 0 spiro atoms. The molecule has 2 aromatic rings. The Kier molecular flexibility index (Phi) is 7.04. The molecule has 2 rings (SSSR count). The summed E-state index contributed by atoms with van der Waals surface area (Å²) >= 11 is 0. The fourth-order valence-electron chi connectivity index (χ4n) is 2.50. The van der Waals surface area contributed by atoms with E-state index in [1.165, 1.54) is 5.56 Å². The number of carbonyl (C=O) groups excluding carboxylic acids is 2. The number of ether oxygens (including phenoxy) is 2. The summed E-state index contributed by atoms with van der Waals surface area (Å²) in [7, 11) is 1.58. The van der Waals surface area contributed by atoms with E-state index < -0.39 is 12.0 Å². The van der Waals surface area contributed by atoms with Gasteiger partial charge in [-0.25, -0.2) is 0 Å². The number of rotatable bonds is 6. The monoisotopic (exact) mass is 384 g/mol. The molecule has 2 N–H and O–H groups in total. The number of benzene rings is 2. The van der Waals surface area contributed by atoms with Crippen LogP contribution in [0.4, 0.5) is 0 Å². The van der Waals surface area contributed by atoms with E-state index in [9.17, 15) is 9.59 Å².